The highest BCUT2D eigenvalue weighted by molar-refractivity contribution is 5.79. The van der Waals surface area contributed by atoms with Crippen LogP contribution in [0.15, 0.2) is 36.5 Å². The summed E-state index contributed by atoms with van der Waals surface area (Å²) < 4.78 is 0. The van der Waals surface area contributed by atoms with Gasteiger partial charge in [0.05, 0.1) is 5.52 Å². The maximum absolute atomic E-state index is 4.41. The van der Waals surface area contributed by atoms with Crippen molar-refractivity contribution < 1.29 is 0 Å². The number of hydrogen-bond donors (Lipinski definition) is 0. The Bertz CT molecular complexity index is 548. The lowest BCUT2D eigenvalue weighted by atomic mass is 9.94. The van der Waals surface area contributed by atoms with Crippen LogP contribution >= 0.6 is 0 Å². The fraction of sp³-hybridized carbons (Fsp3) is 0.471. The number of hydrogen-bond acceptors (Lipinski definition) is 2. The lowest BCUT2D eigenvalue weighted by Gasteiger charge is -2.36. The van der Waals surface area contributed by atoms with E-state index in [2.05, 4.69) is 41.1 Å². The zero-order valence-corrected chi connectivity index (χ0v) is 11.7. The Balaban J connectivity index is 1.92. The molecule has 0 spiro atoms. The van der Waals surface area contributed by atoms with Gasteiger partial charge in [0.1, 0.15) is 0 Å². The van der Waals surface area contributed by atoms with Crippen LogP contribution in [0.25, 0.3) is 10.9 Å². The number of likely N-dealkylation sites (tertiary alicyclic amines) is 1. The van der Waals surface area contributed by atoms with E-state index in [1.807, 2.05) is 12.3 Å². The van der Waals surface area contributed by atoms with Gasteiger partial charge in [0.15, 0.2) is 0 Å². The normalized spacial score (nSPS) is 20.8. The van der Waals surface area contributed by atoms with Gasteiger partial charge < -0.3 is 0 Å². The Labute approximate surface area is 115 Å². The van der Waals surface area contributed by atoms with Crippen LogP contribution in [0, 0.1) is 0 Å². The number of benzene rings is 1. The lowest BCUT2D eigenvalue weighted by molar-refractivity contribution is 0.149. The number of pyridine rings is 1. The van der Waals surface area contributed by atoms with Gasteiger partial charge in [0.2, 0.25) is 0 Å². The summed E-state index contributed by atoms with van der Waals surface area (Å²) in [4.78, 5) is 7.06. The molecule has 1 saturated heterocycles. The van der Waals surface area contributed by atoms with Gasteiger partial charge in [0, 0.05) is 17.6 Å². The quantitative estimate of drug-likeness (QED) is 0.817. The van der Waals surface area contributed by atoms with Crippen LogP contribution in [0.5, 0.6) is 0 Å². The molecule has 0 aliphatic carbocycles. The first-order valence-electron chi connectivity index (χ1n) is 7.47. The van der Waals surface area contributed by atoms with Crippen LogP contribution in [0.3, 0.4) is 0 Å². The van der Waals surface area contributed by atoms with Crippen molar-refractivity contribution in [1.82, 2.24) is 9.88 Å². The van der Waals surface area contributed by atoms with Gasteiger partial charge in [-0.15, -0.1) is 0 Å². The van der Waals surface area contributed by atoms with E-state index in [1.165, 1.54) is 49.7 Å². The van der Waals surface area contributed by atoms with Crippen LogP contribution < -0.4 is 0 Å². The molecule has 2 nitrogen and oxygen atoms in total. The van der Waals surface area contributed by atoms with Crippen molar-refractivity contribution in [2.45, 2.75) is 38.6 Å². The second-order valence-electron chi connectivity index (χ2n) is 5.50. The summed E-state index contributed by atoms with van der Waals surface area (Å²) in [5.41, 5.74) is 2.57. The molecule has 0 unspecified atom stereocenters. The molecule has 1 aliphatic rings. The third-order valence-electron chi connectivity index (χ3n) is 4.14. The van der Waals surface area contributed by atoms with Gasteiger partial charge in [-0.05, 0) is 56.1 Å². The predicted molar refractivity (Wildman–Crippen MR) is 80.2 cm³/mol. The van der Waals surface area contributed by atoms with E-state index in [9.17, 15) is 0 Å². The average Bonchev–Trinajstić information content (AvgIpc) is 2.48. The summed E-state index contributed by atoms with van der Waals surface area (Å²) in [6, 6.07) is 11.6. The van der Waals surface area contributed by atoms with Crippen LogP contribution in [0.4, 0.5) is 0 Å². The highest BCUT2D eigenvalue weighted by Gasteiger charge is 2.23. The van der Waals surface area contributed by atoms with Crippen LogP contribution in [-0.4, -0.2) is 23.0 Å². The molecule has 2 aromatic rings. The number of aromatic nitrogens is 1. The minimum absolute atomic E-state index is 0.610. The SMILES string of the molecule is CCCN1CCCC[C@H]1c1ccc2ncccc2c1. The summed E-state index contributed by atoms with van der Waals surface area (Å²) in [5.74, 6) is 0. The fourth-order valence-corrected chi connectivity index (χ4v) is 3.22. The molecule has 1 aromatic heterocycles. The number of piperidine rings is 1. The summed E-state index contributed by atoms with van der Waals surface area (Å²) in [6.07, 6.45) is 7.12. The van der Waals surface area contributed by atoms with E-state index in [0.29, 0.717) is 6.04 Å². The first kappa shape index (κ1) is 12.6. The summed E-state index contributed by atoms with van der Waals surface area (Å²) in [6.45, 7) is 4.75. The predicted octanol–water partition coefficient (Wildman–Crippen LogP) is 4.17. The van der Waals surface area contributed by atoms with E-state index in [4.69, 9.17) is 0 Å². The third kappa shape index (κ3) is 2.64. The van der Waals surface area contributed by atoms with Crippen molar-refractivity contribution in [3.8, 4) is 0 Å². The molecule has 0 radical (unpaired) electrons. The molecule has 2 heteroatoms. The fourth-order valence-electron chi connectivity index (χ4n) is 3.22. The van der Waals surface area contributed by atoms with Crippen molar-refractivity contribution in [2.75, 3.05) is 13.1 Å². The third-order valence-corrected chi connectivity index (χ3v) is 4.14. The summed E-state index contributed by atoms with van der Waals surface area (Å²) >= 11 is 0. The molecule has 1 aliphatic heterocycles. The second kappa shape index (κ2) is 5.70. The van der Waals surface area contributed by atoms with Crippen LogP contribution in [0.2, 0.25) is 0 Å². The zero-order valence-electron chi connectivity index (χ0n) is 11.7. The highest BCUT2D eigenvalue weighted by atomic mass is 15.2. The molecule has 2 heterocycles. The van der Waals surface area contributed by atoms with Crippen molar-refractivity contribution in [1.29, 1.82) is 0 Å². The minimum atomic E-state index is 0.610. The number of fused-ring (bicyclic) bond motifs is 1. The Hall–Kier alpha value is -1.41. The van der Waals surface area contributed by atoms with Crippen molar-refractivity contribution >= 4 is 10.9 Å². The lowest BCUT2D eigenvalue weighted by Crippen LogP contribution is -2.33. The molecule has 0 saturated carbocycles. The molecule has 0 N–H and O–H groups in total. The van der Waals surface area contributed by atoms with Crippen molar-refractivity contribution in [3.05, 3.63) is 42.1 Å². The van der Waals surface area contributed by atoms with Gasteiger partial charge in [-0.25, -0.2) is 0 Å². The maximum atomic E-state index is 4.41. The smallest absolute Gasteiger partial charge is 0.0702 e. The molecule has 1 fully saturated rings. The zero-order chi connectivity index (χ0) is 13.1. The Kier molecular flexibility index (Phi) is 3.79. The molecular weight excluding hydrogens is 232 g/mol. The number of nitrogens with zero attached hydrogens (tertiary/aromatic N) is 2. The second-order valence-corrected chi connectivity index (χ2v) is 5.50. The molecule has 0 amide bonds. The van der Waals surface area contributed by atoms with Gasteiger partial charge in [-0.2, -0.15) is 0 Å². The molecule has 3 rings (SSSR count). The van der Waals surface area contributed by atoms with E-state index >= 15 is 0 Å². The molecule has 100 valence electrons. The van der Waals surface area contributed by atoms with Crippen LogP contribution in [0.1, 0.15) is 44.2 Å². The first-order chi connectivity index (χ1) is 9.38. The monoisotopic (exact) mass is 254 g/mol. The summed E-state index contributed by atoms with van der Waals surface area (Å²) in [7, 11) is 0. The summed E-state index contributed by atoms with van der Waals surface area (Å²) in [5, 5.41) is 1.27. The average molecular weight is 254 g/mol. The highest BCUT2D eigenvalue weighted by Crippen LogP contribution is 2.32. The minimum Gasteiger partial charge on any atom is -0.296 e. The van der Waals surface area contributed by atoms with Gasteiger partial charge in [-0.1, -0.05) is 25.5 Å². The van der Waals surface area contributed by atoms with Crippen molar-refractivity contribution in [2.24, 2.45) is 0 Å². The molecule has 0 bridgehead atoms. The molecule has 1 aromatic carbocycles. The van der Waals surface area contributed by atoms with E-state index in [-0.39, 0.29) is 0 Å². The Morgan fingerprint density at radius 1 is 1.26 bits per heavy atom. The van der Waals surface area contributed by atoms with Crippen LogP contribution in [-0.2, 0) is 0 Å². The van der Waals surface area contributed by atoms with Crippen molar-refractivity contribution in [3.63, 3.8) is 0 Å². The Morgan fingerprint density at radius 2 is 2.21 bits per heavy atom. The van der Waals surface area contributed by atoms with E-state index in [0.717, 1.165) is 5.52 Å². The molecule has 1 atom stereocenters. The number of rotatable bonds is 3. The largest absolute Gasteiger partial charge is 0.296 e. The maximum Gasteiger partial charge on any atom is 0.0702 e. The van der Waals surface area contributed by atoms with E-state index < -0.39 is 0 Å². The molecule has 19 heavy (non-hydrogen) atoms. The first-order valence-corrected chi connectivity index (χ1v) is 7.47. The van der Waals surface area contributed by atoms with Gasteiger partial charge in [-0.3, -0.25) is 9.88 Å². The van der Waals surface area contributed by atoms with Gasteiger partial charge in [0.25, 0.3) is 0 Å². The standard InChI is InChI=1S/C17H22N2/c1-2-11-19-12-4-3-7-17(19)15-8-9-16-14(13-15)6-5-10-18-16/h5-6,8-10,13,17H,2-4,7,11-12H2,1H3/t17-/m0/s1. The molecular formula is C17H22N2. The van der Waals surface area contributed by atoms with E-state index in [1.54, 1.807) is 0 Å². The van der Waals surface area contributed by atoms with Gasteiger partial charge >= 0.3 is 0 Å². The Morgan fingerprint density at radius 3 is 3.11 bits per heavy atom. The topological polar surface area (TPSA) is 16.1 Å².